The van der Waals surface area contributed by atoms with E-state index >= 15 is 0 Å². The van der Waals surface area contributed by atoms with Gasteiger partial charge in [-0.15, -0.1) is 9.42 Å². The Morgan fingerprint density at radius 1 is 1.67 bits per heavy atom. The maximum atomic E-state index is 9.83. The number of hydrogen-bond acceptors (Lipinski definition) is 2. The zero-order valence-corrected chi connectivity index (χ0v) is 9.56. The Kier molecular flexibility index (Phi) is 9.26. The first kappa shape index (κ1) is 12.3. The molecule has 0 rings (SSSR count). The van der Waals surface area contributed by atoms with Gasteiger partial charge in [0.2, 0.25) is 0 Å². The minimum absolute atomic E-state index is 0. The molecule has 0 aliphatic rings. The van der Waals surface area contributed by atoms with Crippen LogP contribution in [0.5, 0.6) is 0 Å². The van der Waals surface area contributed by atoms with Crippen LogP contribution in [-0.2, 0) is 28.6 Å². The molecule has 0 aromatic heterocycles. The molecule has 9 heavy (non-hydrogen) atoms. The van der Waals surface area contributed by atoms with E-state index in [-0.39, 0.29) is 19.5 Å². The third-order valence-electron chi connectivity index (χ3n) is 0.518. The standard InChI is InChI=1S/C4H9O3P.Zn/c1-4(2)3-7-8(5)6;/h4H,3H2,1-2H3;/p+1. The van der Waals surface area contributed by atoms with Crippen LogP contribution in [0.1, 0.15) is 13.8 Å². The fraction of sp³-hybridized carbons (Fsp3) is 1.00. The van der Waals surface area contributed by atoms with Crippen molar-refractivity contribution < 1.29 is 33.5 Å². The molecule has 0 bridgehead atoms. The van der Waals surface area contributed by atoms with Gasteiger partial charge in [-0.05, 0) is 5.92 Å². The summed E-state index contributed by atoms with van der Waals surface area (Å²) in [4.78, 5) is 8.09. The second kappa shape index (κ2) is 6.76. The van der Waals surface area contributed by atoms with Gasteiger partial charge in [0, 0.05) is 24.0 Å². The van der Waals surface area contributed by atoms with Crippen LogP contribution in [-0.4, -0.2) is 11.5 Å². The van der Waals surface area contributed by atoms with Crippen LogP contribution < -0.4 is 0 Å². The molecular weight excluding hydrogens is 192 g/mol. The maximum absolute atomic E-state index is 9.83. The minimum Gasteiger partial charge on any atom is -0.133 e. The van der Waals surface area contributed by atoms with E-state index in [1.807, 2.05) is 13.8 Å². The Bertz CT molecular complexity index is 85.9. The molecule has 0 heterocycles. The molecule has 0 aromatic rings. The summed E-state index contributed by atoms with van der Waals surface area (Å²) < 4.78 is 14.2. The van der Waals surface area contributed by atoms with E-state index in [0.717, 1.165) is 0 Å². The molecule has 0 aromatic carbocycles. The first-order valence-corrected chi connectivity index (χ1v) is 3.55. The molecule has 0 radical (unpaired) electrons. The van der Waals surface area contributed by atoms with E-state index in [2.05, 4.69) is 4.52 Å². The fourth-order valence-electron chi connectivity index (χ4n) is 0.213. The van der Waals surface area contributed by atoms with Crippen LogP contribution >= 0.6 is 8.25 Å². The number of hydrogen-bond donors (Lipinski definition) is 1. The molecule has 0 spiro atoms. The average Bonchev–Trinajstić information content (AvgIpc) is 1.61. The molecule has 0 aliphatic heterocycles. The molecule has 1 unspecified atom stereocenters. The van der Waals surface area contributed by atoms with Crippen molar-refractivity contribution in [3.63, 3.8) is 0 Å². The summed E-state index contributed by atoms with van der Waals surface area (Å²) in [6, 6.07) is 0. The van der Waals surface area contributed by atoms with Gasteiger partial charge in [-0.2, -0.15) is 0 Å². The second-order valence-corrected chi connectivity index (χ2v) is 2.66. The van der Waals surface area contributed by atoms with Gasteiger partial charge >= 0.3 is 8.25 Å². The summed E-state index contributed by atoms with van der Waals surface area (Å²) in [5.74, 6) is 0.320. The van der Waals surface area contributed by atoms with E-state index in [1.54, 1.807) is 0 Å². The minimum atomic E-state index is -2.38. The van der Waals surface area contributed by atoms with Crippen molar-refractivity contribution in [3.8, 4) is 0 Å². The molecule has 0 amide bonds. The van der Waals surface area contributed by atoms with Gasteiger partial charge in [-0.3, -0.25) is 0 Å². The molecular formula is C4H10O3PZn+. The summed E-state index contributed by atoms with van der Waals surface area (Å²) in [5, 5.41) is 0. The molecule has 0 fully saturated rings. The van der Waals surface area contributed by atoms with Gasteiger partial charge in [-0.1, -0.05) is 13.8 Å². The van der Waals surface area contributed by atoms with Crippen molar-refractivity contribution >= 4 is 8.25 Å². The van der Waals surface area contributed by atoms with Crippen LogP contribution in [0, 0.1) is 5.92 Å². The first-order chi connectivity index (χ1) is 3.63. The first-order valence-electron chi connectivity index (χ1n) is 2.42. The van der Waals surface area contributed by atoms with Crippen LogP contribution in [0.25, 0.3) is 0 Å². The van der Waals surface area contributed by atoms with Gasteiger partial charge < -0.3 is 0 Å². The molecule has 1 N–H and O–H groups in total. The maximum Gasteiger partial charge on any atom is 0.694 e. The van der Waals surface area contributed by atoms with E-state index in [4.69, 9.17) is 4.89 Å². The largest absolute Gasteiger partial charge is 0.694 e. The Labute approximate surface area is 68.5 Å². The normalized spacial score (nSPS) is 10.9. The van der Waals surface area contributed by atoms with Gasteiger partial charge in [0.1, 0.15) is 6.61 Å². The molecule has 0 saturated heterocycles. The summed E-state index contributed by atoms with van der Waals surface area (Å²) in [6.07, 6.45) is 0. The Balaban J connectivity index is 0. The smallest absolute Gasteiger partial charge is 0.133 e. The van der Waals surface area contributed by atoms with Crippen LogP contribution in [0.2, 0.25) is 0 Å². The summed E-state index contributed by atoms with van der Waals surface area (Å²) >= 11 is 0. The summed E-state index contributed by atoms with van der Waals surface area (Å²) in [7, 11) is -2.38. The van der Waals surface area contributed by atoms with Gasteiger partial charge in [0.05, 0.1) is 0 Å². The van der Waals surface area contributed by atoms with E-state index in [1.165, 1.54) is 0 Å². The van der Waals surface area contributed by atoms with Gasteiger partial charge in [0.25, 0.3) is 0 Å². The Morgan fingerprint density at radius 2 is 2.11 bits per heavy atom. The zero-order valence-electron chi connectivity index (χ0n) is 5.70. The fourth-order valence-corrected chi connectivity index (χ4v) is 0.639. The van der Waals surface area contributed by atoms with Crippen molar-refractivity contribution in [2.45, 2.75) is 13.8 Å². The van der Waals surface area contributed by atoms with Crippen LogP contribution in [0.3, 0.4) is 0 Å². The van der Waals surface area contributed by atoms with Gasteiger partial charge in [-0.25, -0.2) is 0 Å². The third-order valence-corrected chi connectivity index (χ3v) is 0.888. The number of rotatable bonds is 3. The van der Waals surface area contributed by atoms with Crippen molar-refractivity contribution in [2.24, 2.45) is 5.92 Å². The molecule has 3 nitrogen and oxygen atoms in total. The monoisotopic (exact) mass is 201 g/mol. The van der Waals surface area contributed by atoms with E-state index in [0.29, 0.717) is 12.5 Å². The quantitative estimate of drug-likeness (QED) is 0.554. The molecule has 50 valence electrons. The van der Waals surface area contributed by atoms with Crippen molar-refractivity contribution in [1.82, 2.24) is 0 Å². The second-order valence-electron chi connectivity index (χ2n) is 1.93. The van der Waals surface area contributed by atoms with E-state index < -0.39 is 8.25 Å². The van der Waals surface area contributed by atoms with Gasteiger partial charge in [0.15, 0.2) is 0 Å². The van der Waals surface area contributed by atoms with Crippen molar-refractivity contribution in [1.29, 1.82) is 0 Å². The zero-order chi connectivity index (χ0) is 6.57. The predicted molar refractivity (Wildman–Crippen MR) is 30.6 cm³/mol. The Morgan fingerprint density at radius 3 is 2.22 bits per heavy atom. The van der Waals surface area contributed by atoms with Crippen molar-refractivity contribution in [3.05, 3.63) is 0 Å². The molecule has 0 aliphatic carbocycles. The molecule has 0 saturated carbocycles. The van der Waals surface area contributed by atoms with E-state index in [9.17, 15) is 4.57 Å². The molecule has 1 atom stereocenters. The van der Waals surface area contributed by atoms with Crippen molar-refractivity contribution in [2.75, 3.05) is 6.61 Å². The molecule has 5 heteroatoms. The Hall–Kier alpha value is 0.643. The van der Waals surface area contributed by atoms with Crippen LogP contribution in [0.4, 0.5) is 0 Å². The average molecular weight is 202 g/mol. The summed E-state index contributed by atoms with van der Waals surface area (Å²) in [5.41, 5.74) is 0. The third kappa shape index (κ3) is 12.0. The topological polar surface area (TPSA) is 46.5 Å². The summed E-state index contributed by atoms with van der Waals surface area (Å²) in [6.45, 7) is 4.18. The van der Waals surface area contributed by atoms with Crippen LogP contribution in [0.15, 0.2) is 0 Å². The SMILES string of the molecule is CC(C)CO[P+](=O)O.[Zn]. The predicted octanol–water partition coefficient (Wildman–Crippen LogP) is 1.31.